The third kappa shape index (κ3) is 4.85. The summed E-state index contributed by atoms with van der Waals surface area (Å²) in [6, 6.07) is 2.23. The Hall–Kier alpha value is -1.34. The average molecular weight is 436 g/mol. The maximum absolute atomic E-state index is 14.1. The van der Waals surface area contributed by atoms with E-state index in [9.17, 15) is 14.0 Å². The van der Waals surface area contributed by atoms with E-state index in [0.717, 1.165) is 0 Å². The molecular weight excluding hydrogens is 415 g/mol. The summed E-state index contributed by atoms with van der Waals surface area (Å²) in [5.41, 5.74) is -0.657. The van der Waals surface area contributed by atoms with Crippen molar-refractivity contribution in [2.45, 2.75) is 39.3 Å². The molecule has 1 atom stereocenters. The van der Waals surface area contributed by atoms with E-state index < -0.39 is 23.4 Å². The van der Waals surface area contributed by atoms with E-state index in [1.807, 2.05) is 6.92 Å². The van der Waals surface area contributed by atoms with Crippen molar-refractivity contribution in [1.82, 2.24) is 9.80 Å². The van der Waals surface area contributed by atoms with E-state index in [0.29, 0.717) is 24.1 Å². The molecule has 0 N–H and O–H groups in total. The Labute approximate surface area is 160 Å². The molecule has 0 aliphatic carbocycles. The molecule has 1 aliphatic heterocycles. The summed E-state index contributed by atoms with van der Waals surface area (Å²) in [6.07, 6.45) is -0.413. The van der Waals surface area contributed by atoms with Gasteiger partial charge in [-0.05, 0) is 55.8 Å². The summed E-state index contributed by atoms with van der Waals surface area (Å²) in [5.74, 6) is -1.08. The molecule has 1 heterocycles. The largest absolute Gasteiger partial charge is 0.444 e. The molecule has 2 rings (SSSR count). The lowest BCUT2D eigenvalue weighted by atomic mass is 10.1. The number of carbonyl (C=O) groups excluding carboxylic acids is 2. The van der Waals surface area contributed by atoms with E-state index in [2.05, 4.69) is 15.9 Å². The summed E-state index contributed by atoms with van der Waals surface area (Å²) < 4.78 is 19.9. The van der Waals surface area contributed by atoms with Gasteiger partial charge in [-0.3, -0.25) is 4.79 Å². The lowest BCUT2D eigenvalue weighted by Crippen LogP contribution is -2.56. The topological polar surface area (TPSA) is 49.9 Å². The van der Waals surface area contributed by atoms with Gasteiger partial charge in [0.05, 0.1) is 10.6 Å². The minimum atomic E-state index is -0.636. The standard InChI is InChI=1S/C17H21BrClFN2O3/c1-10-9-21(16(24)25-17(2,3)4)5-6-22(10)15(23)11-7-13(19)12(18)8-14(11)20/h7-8,10H,5-6,9H2,1-4H3. The van der Waals surface area contributed by atoms with Crippen LogP contribution in [0.5, 0.6) is 0 Å². The number of rotatable bonds is 1. The summed E-state index contributed by atoms with van der Waals surface area (Å²) >= 11 is 9.11. The van der Waals surface area contributed by atoms with Crippen LogP contribution in [0.1, 0.15) is 38.1 Å². The Morgan fingerprint density at radius 2 is 1.96 bits per heavy atom. The van der Waals surface area contributed by atoms with Gasteiger partial charge in [0.2, 0.25) is 0 Å². The maximum Gasteiger partial charge on any atom is 0.410 e. The fourth-order valence-electron chi connectivity index (χ4n) is 2.59. The van der Waals surface area contributed by atoms with Gasteiger partial charge in [0.15, 0.2) is 0 Å². The van der Waals surface area contributed by atoms with Crippen LogP contribution >= 0.6 is 27.5 Å². The summed E-state index contributed by atoms with van der Waals surface area (Å²) in [5, 5.41) is 0.268. The first-order valence-corrected chi connectivity index (χ1v) is 9.10. The number of benzene rings is 1. The van der Waals surface area contributed by atoms with E-state index in [1.165, 1.54) is 12.1 Å². The Balaban J connectivity index is 2.10. The van der Waals surface area contributed by atoms with Gasteiger partial charge >= 0.3 is 6.09 Å². The molecule has 1 fully saturated rings. The Morgan fingerprint density at radius 1 is 1.32 bits per heavy atom. The van der Waals surface area contributed by atoms with Crippen LogP contribution in [0, 0.1) is 5.82 Å². The molecule has 2 amide bonds. The number of nitrogens with zero attached hydrogens (tertiary/aromatic N) is 2. The number of carbonyl (C=O) groups is 2. The fraction of sp³-hybridized carbons (Fsp3) is 0.529. The maximum atomic E-state index is 14.1. The van der Waals surface area contributed by atoms with Crippen molar-refractivity contribution >= 4 is 39.5 Å². The van der Waals surface area contributed by atoms with Crippen LogP contribution in [0.2, 0.25) is 5.02 Å². The van der Waals surface area contributed by atoms with Crippen LogP contribution in [0.3, 0.4) is 0 Å². The lowest BCUT2D eigenvalue weighted by molar-refractivity contribution is 0.00607. The molecule has 1 saturated heterocycles. The van der Waals surface area contributed by atoms with Gasteiger partial charge in [-0.15, -0.1) is 0 Å². The molecule has 0 aromatic heterocycles. The van der Waals surface area contributed by atoms with E-state index in [1.54, 1.807) is 30.6 Å². The Bertz CT molecular complexity index is 693. The van der Waals surface area contributed by atoms with Crippen LogP contribution in [0.4, 0.5) is 9.18 Å². The number of hydrogen-bond donors (Lipinski definition) is 0. The van der Waals surface area contributed by atoms with Crippen LogP contribution in [-0.4, -0.2) is 53.1 Å². The molecule has 0 saturated carbocycles. The van der Waals surface area contributed by atoms with Gasteiger partial charge < -0.3 is 14.5 Å². The first-order chi connectivity index (χ1) is 11.5. The molecule has 1 unspecified atom stereocenters. The minimum absolute atomic E-state index is 0.0780. The third-order valence-electron chi connectivity index (χ3n) is 3.78. The number of hydrogen-bond acceptors (Lipinski definition) is 3. The first-order valence-electron chi connectivity index (χ1n) is 7.93. The molecule has 0 radical (unpaired) electrons. The molecule has 8 heteroatoms. The Morgan fingerprint density at radius 3 is 2.52 bits per heavy atom. The molecule has 1 aromatic rings. The average Bonchev–Trinajstić information content (AvgIpc) is 2.48. The number of piperazine rings is 1. The van der Waals surface area contributed by atoms with Crippen LogP contribution in [-0.2, 0) is 4.74 Å². The van der Waals surface area contributed by atoms with Gasteiger partial charge in [-0.2, -0.15) is 0 Å². The van der Waals surface area contributed by atoms with Crippen molar-refractivity contribution in [1.29, 1.82) is 0 Å². The van der Waals surface area contributed by atoms with Gasteiger partial charge in [0.1, 0.15) is 11.4 Å². The quantitative estimate of drug-likeness (QED) is 0.617. The van der Waals surface area contributed by atoms with Crippen molar-refractivity contribution < 1.29 is 18.7 Å². The second kappa shape index (κ2) is 7.50. The smallest absolute Gasteiger partial charge is 0.410 e. The highest BCUT2D eigenvalue weighted by molar-refractivity contribution is 9.10. The second-order valence-electron chi connectivity index (χ2n) is 7.02. The van der Waals surface area contributed by atoms with E-state index in [-0.39, 0.29) is 16.6 Å². The molecule has 1 aliphatic rings. The van der Waals surface area contributed by atoms with Crippen molar-refractivity contribution in [2.24, 2.45) is 0 Å². The number of amides is 2. The highest BCUT2D eigenvalue weighted by Gasteiger charge is 2.33. The molecule has 0 spiro atoms. The van der Waals surface area contributed by atoms with Crippen molar-refractivity contribution in [3.63, 3.8) is 0 Å². The SMILES string of the molecule is CC1CN(C(=O)OC(C)(C)C)CCN1C(=O)c1cc(Cl)c(Br)cc1F. The minimum Gasteiger partial charge on any atom is -0.444 e. The van der Waals surface area contributed by atoms with Crippen LogP contribution in [0.15, 0.2) is 16.6 Å². The normalized spacial score (nSPS) is 18.3. The zero-order valence-electron chi connectivity index (χ0n) is 14.6. The fourth-order valence-corrected chi connectivity index (χ4v) is 3.07. The molecule has 0 bridgehead atoms. The predicted octanol–water partition coefficient (Wildman–Crippen LogP) is 4.32. The monoisotopic (exact) mass is 434 g/mol. The summed E-state index contributed by atoms with van der Waals surface area (Å²) in [4.78, 5) is 27.9. The number of halogens is 3. The zero-order valence-corrected chi connectivity index (χ0v) is 16.9. The van der Waals surface area contributed by atoms with Gasteiger partial charge in [-0.1, -0.05) is 11.6 Å². The van der Waals surface area contributed by atoms with Crippen molar-refractivity contribution in [3.05, 3.63) is 33.0 Å². The predicted molar refractivity (Wildman–Crippen MR) is 97.4 cm³/mol. The van der Waals surface area contributed by atoms with Crippen LogP contribution in [0.25, 0.3) is 0 Å². The van der Waals surface area contributed by atoms with E-state index in [4.69, 9.17) is 16.3 Å². The molecule has 5 nitrogen and oxygen atoms in total. The summed E-state index contributed by atoms with van der Waals surface area (Å²) in [6.45, 7) is 8.17. The highest BCUT2D eigenvalue weighted by atomic mass is 79.9. The molecule has 138 valence electrons. The van der Waals surface area contributed by atoms with Crippen molar-refractivity contribution in [3.8, 4) is 0 Å². The van der Waals surface area contributed by atoms with Gasteiger partial charge in [-0.25, -0.2) is 9.18 Å². The van der Waals surface area contributed by atoms with E-state index >= 15 is 0 Å². The summed E-state index contributed by atoms with van der Waals surface area (Å²) in [7, 11) is 0. The highest BCUT2D eigenvalue weighted by Crippen LogP contribution is 2.27. The third-order valence-corrected chi connectivity index (χ3v) is 4.98. The molecule has 1 aromatic carbocycles. The first kappa shape index (κ1) is 20.0. The molecule has 25 heavy (non-hydrogen) atoms. The number of ether oxygens (including phenoxy) is 1. The van der Waals surface area contributed by atoms with Crippen molar-refractivity contribution in [2.75, 3.05) is 19.6 Å². The lowest BCUT2D eigenvalue weighted by Gasteiger charge is -2.40. The zero-order chi connectivity index (χ0) is 18.9. The second-order valence-corrected chi connectivity index (χ2v) is 8.28. The van der Waals surface area contributed by atoms with Crippen LogP contribution < -0.4 is 0 Å². The van der Waals surface area contributed by atoms with Gasteiger partial charge in [0.25, 0.3) is 5.91 Å². The molecular formula is C17H21BrClFN2O3. The van der Waals surface area contributed by atoms with Gasteiger partial charge in [0, 0.05) is 30.1 Å². The Kier molecular flexibility index (Phi) is 5.99.